The fourth-order valence-corrected chi connectivity index (χ4v) is 1.79. The normalized spacial score (nSPS) is 9.81. The molecule has 0 bridgehead atoms. The maximum atomic E-state index is 8.77. The Morgan fingerprint density at radius 2 is 2.25 bits per heavy atom. The Labute approximate surface area is 105 Å². The molecule has 1 aromatic rings. The molecule has 0 radical (unpaired) electrons. The smallest absolute Gasteiger partial charge is 0.100 e. The molecule has 0 spiro atoms. The Morgan fingerprint density at radius 3 is 2.88 bits per heavy atom. The quantitative estimate of drug-likeness (QED) is 0.816. The molecule has 0 unspecified atom stereocenters. The van der Waals surface area contributed by atoms with Crippen molar-refractivity contribution in [3.05, 3.63) is 28.2 Å². The lowest BCUT2D eigenvalue weighted by Crippen LogP contribution is -2.03. The van der Waals surface area contributed by atoms with E-state index in [2.05, 4.69) is 27.3 Å². The van der Waals surface area contributed by atoms with E-state index in [0.29, 0.717) is 5.56 Å². The second-order valence-electron chi connectivity index (χ2n) is 3.43. The first-order valence-corrected chi connectivity index (χ1v) is 5.99. The van der Waals surface area contributed by atoms with Gasteiger partial charge in [-0.3, -0.25) is 0 Å². The number of rotatable bonds is 6. The Balaban J connectivity index is 2.38. The zero-order valence-electron chi connectivity index (χ0n) is 9.29. The van der Waals surface area contributed by atoms with E-state index in [1.807, 2.05) is 18.2 Å². The van der Waals surface area contributed by atoms with Gasteiger partial charge < -0.3 is 10.1 Å². The molecule has 0 fully saturated rings. The molecule has 0 saturated carbocycles. The largest absolute Gasteiger partial charge is 0.385 e. The monoisotopic (exact) mass is 282 g/mol. The lowest BCUT2D eigenvalue weighted by Gasteiger charge is -2.07. The second kappa shape index (κ2) is 7.26. The van der Waals surface area contributed by atoms with Crippen LogP contribution < -0.4 is 5.32 Å². The Hall–Kier alpha value is -1.05. The number of halogens is 1. The van der Waals surface area contributed by atoms with E-state index in [4.69, 9.17) is 10.00 Å². The van der Waals surface area contributed by atoms with Crippen LogP contribution in [0.1, 0.15) is 18.4 Å². The van der Waals surface area contributed by atoms with Crippen molar-refractivity contribution in [1.29, 1.82) is 5.26 Å². The van der Waals surface area contributed by atoms with Gasteiger partial charge in [0.1, 0.15) is 6.07 Å². The van der Waals surface area contributed by atoms with Gasteiger partial charge in [-0.25, -0.2) is 0 Å². The number of unbranched alkanes of at least 4 members (excludes halogenated alkanes) is 1. The molecule has 16 heavy (non-hydrogen) atoms. The average molecular weight is 283 g/mol. The summed E-state index contributed by atoms with van der Waals surface area (Å²) >= 11 is 3.36. The third-order valence-electron chi connectivity index (χ3n) is 2.19. The second-order valence-corrected chi connectivity index (χ2v) is 4.29. The summed E-state index contributed by atoms with van der Waals surface area (Å²) in [6, 6.07) is 7.76. The van der Waals surface area contributed by atoms with Gasteiger partial charge in [0.2, 0.25) is 0 Å². The number of ether oxygens (including phenoxy) is 1. The molecule has 86 valence electrons. The van der Waals surface area contributed by atoms with Crippen molar-refractivity contribution in [3.63, 3.8) is 0 Å². The molecule has 0 atom stereocenters. The van der Waals surface area contributed by atoms with Gasteiger partial charge in [0.15, 0.2) is 0 Å². The molecule has 1 N–H and O–H groups in total. The highest BCUT2D eigenvalue weighted by atomic mass is 79.9. The molecule has 0 aromatic heterocycles. The van der Waals surface area contributed by atoms with Gasteiger partial charge in [-0.05, 0) is 47.0 Å². The predicted octanol–water partition coefficient (Wildman–Crippen LogP) is 3.16. The van der Waals surface area contributed by atoms with Crippen molar-refractivity contribution in [2.24, 2.45) is 0 Å². The lowest BCUT2D eigenvalue weighted by molar-refractivity contribution is 0.194. The standard InChI is InChI=1S/C12H15BrN2O/c1-16-7-3-2-6-15-11-5-4-10(9-14)12(13)8-11/h4-5,8,15H,2-3,6-7H2,1H3. The minimum atomic E-state index is 0.657. The molecule has 0 aliphatic rings. The van der Waals surface area contributed by atoms with Crippen LogP contribution in [0.15, 0.2) is 22.7 Å². The molecule has 0 saturated heterocycles. The van der Waals surface area contributed by atoms with Crippen LogP contribution in [-0.4, -0.2) is 20.3 Å². The van der Waals surface area contributed by atoms with Gasteiger partial charge in [-0.15, -0.1) is 0 Å². The first-order chi connectivity index (χ1) is 7.77. The summed E-state index contributed by atoms with van der Waals surface area (Å²) in [5.74, 6) is 0. The van der Waals surface area contributed by atoms with Crippen molar-refractivity contribution in [2.75, 3.05) is 25.6 Å². The van der Waals surface area contributed by atoms with Crippen molar-refractivity contribution >= 4 is 21.6 Å². The Bertz CT molecular complexity index is 374. The summed E-state index contributed by atoms with van der Waals surface area (Å²) in [7, 11) is 1.71. The molecular weight excluding hydrogens is 268 g/mol. The first-order valence-electron chi connectivity index (χ1n) is 5.20. The van der Waals surface area contributed by atoms with Crippen molar-refractivity contribution < 1.29 is 4.74 Å². The highest BCUT2D eigenvalue weighted by Crippen LogP contribution is 2.20. The van der Waals surface area contributed by atoms with Crippen LogP contribution in [0.4, 0.5) is 5.69 Å². The highest BCUT2D eigenvalue weighted by Gasteiger charge is 1.99. The summed E-state index contributed by atoms with van der Waals surface area (Å²) < 4.78 is 5.80. The van der Waals surface area contributed by atoms with E-state index in [0.717, 1.165) is 36.2 Å². The van der Waals surface area contributed by atoms with Gasteiger partial charge in [-0.2, -0.15) is 5.26 Å². The molecular formula is C12H15BrN2O. The molecule has 4 heteroatoms. The number of anilines is 1. The van der Waals surface area contributed by atoms with E-state index >= 15 is 0 Å². The Morgan fingerprint density at radius 1 is 1.44 bits per heavy atom. The van der Waals surface area contributed by atoms with Crippen molar-refractivity contribution in [1.82, 2.24) is 0 Å². The summed E-state index contributed by atoms with van der Waals surface area (Å²) in [5, 5.41) is 12.1. The van der Waals surface area contributed by atoms with Gasteiger partial charge in [-0.1, -0.05) is 0 Å². The maximum absolute atomic E-state index is 8.77. The molecule has 0 heterocycles. The predicted molar refractivity (Wildman–Crippen MR) is 68.5 cm³/mol. The first kappa shape index (κ1) is 13.0. The third kappa shape index (κ3) is 4.21. The molecule has 0 amide bonds. The van der Waals surface area contributed by atoms with Gasteiger partial charge in [0.05, 0.1) is 5.56 Å². The van der Waals surface area contributed by atoms with Crippen molar-refractivity contribution in [3.8, 4) is 6.07 Å². The van der Waals surface area contributed by atoms with Gasteiger partial charge >= 0.3 is 0 Å². The van der Waals surface area contributed by atoms with Crippen LogP contribution in [0.3, 0.4) is 0 Å². The van der Waals surface area contributed by atoms with Gasteiger partial charge in [0.25, 0.3) is 0 Å². The topological polar surface area (TPSA) is 45.0 Å². The zero-order valence-corrected chi connectivity index (χ0v) is 10.9. The van der Waals surface area contributed by atoms with Gasteiger partial charge in [0, 0.05) is 30.4 Å². The lowest BCUT2D eigenvalue weighted by atomic mass is 10.2. The van der Waals surface area contributed by atoms with Crippen LogP contribution in [0.25, 0.3) is 0 Å². The van der Waals surface area contributed by atoms with E-state index in [1.165, 1.54) is 0 Å². The fraction of sp³-hybridized carbons (Fsp3) is 0.417. The fourth-order valence-electron chi connectivity index (χ4n) is 1.32. The molecule has 3 nitrogen and oxygen atoms in total. The minimum absolute atomic E-state index is 0.657. The minimum Gasteiger partial charge on any atom is -0.385 e. The van der Waals surface area contributed by atoms with Crippen LogP contribution in [0.2, 0.25) is 0 Å². The van der Waals surface area contributed by atoms with E-state index in [1.54, 1.807) is 7.11 Å². The van der Waals surface area contributed by atoms with E-state index in [-0.39, 0.29) is 0 Å². The molecule has 1 aromatic carbocycles. The van der Waals surface area contributed by atoms with Crippen molar-refractivity contribution in [2.45, 2.75) is 12.8 Å². The number of nitrogens with one attached hydrogen (secondary N) is 1. The maximum Gasteiger partial charge on any atom is 0.100 e. The number of benzene rings is 1. The molecule has 0 aliphatic heterocycles. The third-order valence-corrected chi connectivity index (χ3v) is 2.85. The van der Waals surface area contributed by atoms with Crippen LogP contribution in [0.5, 0.6) is 0 Å². The molecule has 0 aliphatic carbocycles. The highest BCUT2D eigenvalue weighted by molar-refractivity contribution is 9.10. The summed E-state index contributed by atoms with van der Waals surface area (Å²) in [6.45, 7) is 1.72. The Kier molecular flexibility index (Phi) is 5.91. The van der Waals surface area contributed by atoms with Crippen LogP contribution >= 0.6 is 15.9 Å². The number of nitriles is 1. The summed E-state index contributed by atoms with van der Waals surface area (Å²) in [5.41, 5.74) is 1.69. The number of methoxy groups -OCH3 is 1. The number of hydrogen-bond donors (Lipinski definition) is 1. The van der Waals surface area contributed by atoms with E-state index < -0.39 is 0 Å². The average Bonchev–Trinajstić information content (AvgIpc) is 2.29. The van der Waals surface area contributed by atoms with Crippen LogP contribution in [-0.2, 0) is 4.74 Å². The van der Waals surface area contributed by atoms with Crippen LogP contribution in [0, 0.1) is 11.3 Å². The SMILES string of the molecule is COCCCCNc1ccc(C#N)c(Br)c1. The zero-order chi connectivity index (χ0) is 11.8. The number of nitrogens with zero attached hydrogens (tertiary/aromatic N) is 1. The summed E-state index contributed by atoms with van der Waals surface area (Å²) in [4.78, 5) is 0. The van der Waals surface area contributed by atoms with E-state index in [9.17, 15) is 0 Å². The number of hydrogen-bond acceptors (Lipinski definition) is 3. The molecule has 1 rings (SSSR count). The summed E-state index contributed by atoms with van der Waals surface area (Å²) in [6.07, 6.45) is 2.13.